The molecule has 0 bridgehead atoms. The molecule has 11 rings (SSSR count). The van der Waals surface area contributed by atoms with Crippen LogP contribution in [-0.4, -0.2) is 41.6 Å². The molecule has 1 saturated carbocycles. The Morgan fingerprint density at radius 3 is 0.846 bits per heavy atom. The van der Waals surface area contributed by atoms with E-state index >= 15 is 0 Å². The van der Waals surface area contributed by atoms with Gasteiger partial charge in [0.15, 0.2) is 0 Å². The Hall–Kier alpha value is -5.99. The molecular formula is C84H104HfN2O2S2-2. The molecule has 0 spiro atoms. The molecule has 1 aliphatic carbocycles. The maximum absolute atomic E-state index is 12.8. The minimum absolute atomic E-state index is 0. The molecule has 7 heteroatoms. The van der Waals surface area contributed by atoms with E-state index in [1.165, 1.54) is 67.8 Å². The number of fused-ring (bicyclic) bond motifs is 6. The number of hydrogen-bond acceptors (Lipinski definition) is 2. The van der Waals surface area contributed by atoms with Crippen LogP contribution in [0.3, 0.4) is 0 Å². The van der Waals surface area contributed by atoms with Crippen molar-refractivity contribution in [2.75, 3.05) is 0 Å². The van der Waals surface area contributed by atoms with Crippen LogP contribution in [0.25, 0.3) is 55.0 Å². The molecule has 1 aliphatic rings. The third-order valence-electron chi connectivity index (χ3n) is 18.4. The molecule has 2 N–H and O–H groups in total. The smallest absolute Gasteiger partial charge is 0.143 e. The Bertz CT molecular complexity index is 3850. The van der Waals surface area contributed by atoms with E-state index in [4.69, 9.17) is 11.7 Å². The molecule has 4 atom stereocenters. The average molecular weight is 1420 g/mol. The standard InChI is InChI=1S/C70H90N2O2S2.2C7H7.Hf/c1-65(2,3)45-25-29-55-51(35-45)52-36-46(66(4,5)6)26-30-56(52)71(55)59-39-49(69(13,14)15)33-43(63(59)73)41-75(19)61-23-21-22-24-62(61)76(20)42-44-34-50(70(16,17)18)40-60(64(44)74)72-57-31-27-47(67(7,8)9)37-53(57)54-38-48(68(10,11)12)28-32-58(54)72;2*1-7-5-3-2-4-6-7;/h25-40,61-62,73-74H,19-24,41-42H2,1-18H3;2*2-6H,1H2;/q;2*-1;/t61-,62-,75?,76?;;;/m0.../s1. The van der Waals surface area contributed by atoms with Crippen molar-refractivity contribution in [1.82, 2.24) is 9.13 Å². The first-order chi connectivity index (χ1) is 41.9. The molecule has 2 unspecified atom stereocenters. The molecular weight excluding hydrogens is 1310 g/mol. The summed E-state index contributed by atoms with van der Waals surface area (Å²) in [7, 11) is -0.634. The number of phenols is 2. The van der Waals surface area contributed by atoms with Crippen LogP contribution in [0, 0.1) is 13.8 Å². The van der Waals surface area contributed by atoms with Gasteiger partial charge < -0.3 is 19.3 Å². The van der Waals surface area contributed by atoms with Crippen LogP contribution in [0.4, 0.5) is 0 Å². The molecule has 0 aliphatic heterocycles. The molecule has 480 valence electrons. The third kappa shape index (κ3) is 15.8. The molecule has 0 radical (unpaired) electrons. The van der Waals surface area contributed by atoms with Crippen LogP contribution < -0.4 is 0 Å². The summed E-state index contributed by atoms with van der Waals surface area (Å²) in [6.07, 6.45) is 4.52. The molecule has 0 saturated heterocycles. The molecule has 2 heterocycles. The maximum Gasteiger partial charge on any atom is 0.143 e. The summed E-state index contributed by atoms with van der Waals surface area (Å²) in [6, 6.07) is 56.5. The van der Waals surface area contributed by atoms with E-state index in [0.717, 1.165) is 68.5 Å². The van der Waals surface area contributed by atoms with Crippen molar-refractivity contribution in [1.29, 1.82) is 0 Å². The predicted molar refractivity (Wildman–Crippen MR) is 402 cm³/mol. The van der Waals surface area contributed by atoms with Crippen molar-refractivity contribution in [3.8, 4) is 22.9 Å². The number of rotatable bonds is 8. The number of aromatic hydroxyl groups is 2. The van der Waals surface area contributed by atoms with Gasteiger partial charge in [-0.05, 0) is 139 Å². The van der Waals surface area contributed by atoms with E-state index in [9.17, 15) is 10.2 Å². The summed E-state index contributed by atoms with van der Waals surface area (Å²) in [5, 5.41) is 31.2. The van der Waals surface area contributed by atoms with E-state index in [0.29, 0.717) is 33.5 Å². The predicted octanol–water partition coefficient (Wildman–Crippen LogP) is 23.2. The van der Waals surface area contributed by atoms with Gasteiger partial charge in [0.05, 0.1) is 33.4 Å². The van der Waals surface area contributed by atoms with Gasteiger partial charge in [0.25, 0.3) is 0 Å². The number of phenolic OH excluding ortho intramolecular Hbond substituents is 2. The molecule has 0 amide bonds. The third-order valence-corrected chi connectivity index (χ3v) is 22.8. The first kappa shape index (κ1) is 70.9. The van der Waals surface area contributed by atoms with E-state index in [1.807, 2.05) is 60.7 Å². The van der Waals surface area contributed by atoms with Crippen molar-refractivity contribution in [2.24, 2.45) is 0 Å². The fraction of sp³-hybridized carbons (Fsp3) is 0.381. The Morgan fingerprint density at radius 2 is 0.626 bits per heavy atom. The van der Waals surface area contributed by atoms with Gasteiger partial charge in [-0.25, -0.2) is 0 Å². The first-order valence-electron chi connectivity index (χ1n) is 32.6. The van der Waals surface area contributed by atoms with Crippen LogP contribution in [-0.2, 0) is 69.8 Å². The fourth-order valence-corrected chi connectivity index (χ4v) is 17.4. The molecule has 8 aromatic carbocycles. The van der Waals surface area contributed by atoms with E-state index in [-0.39, 0.29) is 79.3 Å². The van der Waals surface area contributed by atoms with Crippen LogP contribution in [0.1, 0.15) is 206 Å². The quantitative estimate of drug-likeness (QED) is 0.0905. The van der Waals surface area contributed by atoms with Crippen molar-refractivity contribution in [3.63, 3.8) is 0 Å². The molecule has 2 aromatic heterocycles. The SMILES string of the molecule is C=S(Cc1cc(C(C)(C)C)cc(-n2c3ccc(C(C)(C)C)cc3c3cc(C(C)(C)C)ccc32)c1O)[C@H]1CCCC[C@@H]1S(=C)Cc1cc(C(C)(C)C)cc(-n2c3ccc(C(C)(C)C)cc3c3cc(C(C)(C)C)ccc32)c1O.[CH2-]c1ccccc1.[CH2-]c1ccccc1.[Hf]. The monoisotopic (exact) mass is 1420 g/mol. The Morgan fingerprint density at radius 1 is 0.374 bits per heavy atom. The topological polar surface area (TPSA) is 50.3 Å². The summed E-state index contributed by atoms with van der Waals surface area (Å²) in [5.74, 6) is 12.1. The van der Waals surface area contributed by atoms with Crippen molar-refractivity contribution in [3.05, 3.63) is 227 Å². The average Bonchev–Trinajstić information content (AvgIpc) is 1.61. The van der Waals surface area contributed by atoms with Crippen LogP contribution in [0.2, 0.25) is 0 Å². The van der Waals surface area contributed by atoms with Gasteiger partial charge in [0, 0.05) is 80.5 Å². The number of nitrogens with zero attached hydrogens (tertiary/aromatic N) is 2. The summed E-state index contributed by atoms with van der Waals surface area (Å²) >= 11 is 0. The summed E-state index contributed by atoms with van der Waals surface area (Å²) < 4.78 is 4.65. The summed E-state index contributed by atoms with van der Waals surface area (Å²) in [5.41, 5.74) is 17.4. The number of hydrogen-bond donors (Lipinski definition) is 2. The fourth-order valence-electron chi connectivity index (χ4n) is 12.6. The van der Waals surface area contributed by atoms with Gasteiger partial charge in [-0.1, -0.05) is 198 Å². The van der Waals surface area contributed by atoms with Crippen molar-refractivity contribution < 1.29 is 36.1 Å². The second-order valence-electron chi connectivity index (χ2n) is 31.8. The first-order valence-corrected chi connectivity index (χ1v) is 35.8. The number of aromatic nitrogens is 2. The minimum atomic E-state index is -0.317. The Balaban J connectivity index is 0.000000628. The minimum Gasteiger partial charge on any atom is -0.505 e. The molecule has 10 aromatic rings. The number of benzene rings is 8. The van der Waals surface area contributed by atoms with Crippen molar-refractivity contribution in [2.45, 2.75) is 205 Å². The zero-order chi connectivity index (χ0) is 65.8. The molecule has 4 nitrogen and oxygen atoms in total. The van der Waals surface area contributed by atoms with Gasteiger partial charge in [0.1, 0.15) is 11.5 Å². The van der Waals surface area contributed by atoms with Crippen LogP contribution in [0.15, 0.2) is 158 Å². The van der Waals surface area contributed by atoms with E-state index in [1.54, 1.807) is 0 Å². The van der Waals surface area contributed by atoms with Gasteiger partial charge >= 0.3 is 0 Å². The van der Waals surface area contributed by atoms with E-state index < -0.39 is 0 Å². The van der Waals surface area contributed by atoms with Crippen LogP contribution >= 0.6 is 21.0 Å². The Kier molecular flexibility index (Phi) is 21.1. The second kappa shape index (κ2) is 27.2. The van der Waals surface area contributed by atoms with E-state index in [2.05, 4.69) is 245 Å². The van der Waals surface area contributed by atoms with Gasteiger partial charge in [-0.15, -0.1) is 24.3 Å². The summed E-state index contributed by atoms with van der Waals surface area (Å²) in [4.78, 5) is 0. The maximum atomic E-state index is 12.8. The normalized spacial score (nSPS) is 15.8. The Labute approximate surface area is 572 Å². The van der Waals surface area contributed by atoms with Crippen LogP contribution in [0.5, 0.6) is 11.5 Å². The largest absolute Gasteiger partial charge is 0.505 e. The molecule has 1 fully saturated rings. The molecule has 91 heavy (non-hydrogen) atoms. The van der Waals surface area contributed by atoms with Crippen molar-refractivity contribution >= 4 is 76.3 Å². The zero-order valence-electron chi connectivity index (χ0n) is 58.3. The van der Waals surface area contributed by atoms with Gasteiger partial charge in [-0.3, -0.25) is 0 Å². The summed E-state index contributed by atoms with van der Waals surface area (Å²) in [6.45, 7) is 48.5. The van der Waals surface area contributed by atoms with Gasteiger partial charge in [-0.2, -0.15) is 70.2 Å². The zero-order valence-corrected chi connectivity index (χ0v) is 63.6. The van der Waals surface area contributed by atoms with Gasteiger partial charge in [0.2, 0.25) is 0 Å². The second-order valence-corrected chi connectivity index (χ2v) is 35.7.